The first kappa shape index (κ1) is 19.7. The molecule has 0 aromatic heterocycles. The van der Waals surface area contributed by atoms with Gasteiger partial charge < -0.3 is 15.8 Å². The average Bonchev–Trinajstić information content (AvgIpc) is 2.47. The minimum Gasteiger partial charge on any atom is -0.494 e. The summed E-state index contributed by atoms with van der Waals surface area (Å²) in [5.41, 5.74) is 6.56. The third-order valence-electron chi connectivity index (χ3n) is 3.03. The molecule has 1 amide bonds. The number of carbonyl (C=O) groups is 1. The first-order chi connectivity index (χ1) is 9.76. The predicted molar refractivity (Wildman–Crippen MR) is 89.1 cm³/mol. The Hall–Kier alpha value is -1.26. The Morgan fingerprint density at radius 3 is 2.57 bits per heavy atom. The Kier molecular flexibility index (Phi) is 11.7. The number of benzene rings is 1. The molecule has 0 saturated carbocycles. The zero-order valence-electron chi connectivity index (χ0n) is 12.8. The summed E-state index contributed by atoms with van der Waals surface area (Å²) in [5, 5.41) is 2.90. The van der Waals surface area contributed by atoms with Crippen molar-refractivity contribution in [1.29, 1.82) is 0 Å². The van der Waals surface area contributed by atoms with Crippen molar-refractivity contribution in [2.75, 3.05) is 19.7 Å². The van der Waals surface area contributed by atoms with Crippen LogP contribution in [0.15, 0.2) is 24.3 Å². The summed E-state index contributed by atoms with van der Waals surface area (Å²) < 4.78 is 5.61. The van der Waals surface area contributed by atoms with Gasteiger partial charge in [0.1, 0.15) is 5.75 Å². The summed E-state index contributed by atoms with van der Waals surface area (Å²) >= 11 is 0. The van der Waals surface area contributed by atoms with Crippen LogP contribution >= 0.6 is 12.4 Å². The van der Waals surface area contributed by atoms with Crippen LogP contribution in [0.5, 0.6) is 5.75 Å². The molecule has 0 fully saturated rings. The molecule has 4 nitrogen and oxygen atoms in total. The molecule has 0 saturated heterocycles. The van der Waals surface area contributed by atoms with E-state index in [0.29, 0.717) is 19.5 Å². The van der Waals surface area contributed by atoms with Crippen molar-refractivity contribution >= 4 is 18.3 Å². The summed E-state index contributed by atoms with van der Waals surface area (Å²) in [5.74, 6) is 0.990. The number of unbranched alkanes of at least 4 members (excludes halogenated alkanes) is 1. The van der Waals surface area contributed by atoms with Crippen molar-refractivity contribution < 1.29 is 9.53 Å². The fourth-order valence-electron chi connectivity index (χ4n) is 1.78. The lowest BCUT2D eigenvalue weighted by Crippen LogP contribution is -2.25. The van der Waals surface area contributed by atoms with E-state index in [-0.39, 0.29) is 18.3 Å². The normalized spacial score (nSPS) is 9.81. The van der Waals surface area contributed by atoms with E-state index in [1.165, 1.54) is 5.56 Å². The second kappa shape index (κ2) is 12.5. The van der Waals surface area contributed by atoms with E-state index in [9.17, 15) is 4.79 Å². The van der Waals surface area contributed by atoms with Crippen molar-refractivity contribution in [3.05, 3.63) is 29.8 Å². The van der Waals surface area contributed by atoms with E-state index in [1.807, 2.05) is 24.3 Å². The van der Waals surface area contributed by atoms with Crippen LogP contribution in [0.2, 0.25) is 0 Å². The Morgan fingerprint density at radius 1 is 1.24 bits per heavy atom. The molecule has 0 heterocycles. The smallest absolute Gasteiger partial charge is 0.220 e. The van der Waals surface area contributed by atoms with Crippen molar-refractivity contribution in [2.45, 2.75) is 39.0 Å². The number of halogens is 1. The maximum Gasteiger partial charge on any atom is 0.220 e. The molecule has 0 radical (unpaired) electrons. The van der Waals surface area contributed by atoms with Gasteiger partial charge in [-0.25, -0.2) is 0 Å². The molecule has 5 heteroatoms. The van der Waals surface area contributed by atoms with E-state index in [2.05, 4.69) is 12.2 Å². The second-order valence-electron chi connectivity index (χ2n) is 4.84. The van der Waals surface area contributed by atoms with Crippen molar-refractivity contribution in [1.82, 2.24) is 5.32 Å². The van der Waals surface area contributed by atoms with Crippen LogP contribution in [0, 0.1) is 0 Å². The highest BCUT2D eigenvalue weighted by Crippen LogP contribution is 2.12. The van der Waals surface area contributed by atoms with E-state index in [1.54, 1.807) is 0 Å². The number of carbonyl (C=O) groups excluding carboxylic acids is 1. The molecule has 21 heavy (non-hydrogen) atoms. The van der Waals surface area contributed by atoms with Gasteiger partial charge in [-0.3, -0.25) is 4.79 Å². The Morgan fingerprint density at radius 2 is 1.95 bits per heavy atom. The van der Waals surface area contributed by atoms with Gasteiger partial charge in [-0.15, -0.1) is 12.4 Å². The molecular weight excluding hydrogens is 288 g/mol. The average molecular weight is 315 g/mol. The largest absolute Gasteiger partial charge is 0.494 e. The van der Waals surface area contributed by atoms with Gasteiger partial charge in [0.15, 0.2) is 0 Å². The number of ether oxygens (including phenoxy) is 1. The molecule has 3 N–H and O–H groups in total. The maximum atomic E-state index is 11.4. The minimum absolute atomic E-state index is 0. The third kappa shape index (κ3) is 9.32. The summed E-state index contributed by atoms with van der Waals surface area (Å²) in [6.45, 7) is 4.15. The molecular formula is C16H27ClN2O2. The van der Waals surface area contributed by atoms with Gasteiger partial charge in [0.25, 0.3) is 0 Å². The fraction of sp³-hybridized carbons (Fsp3) is 0.562. The SMILES string of the molecule is CCCCOc1ccc(CCNC(=O)CCCN)cc1.Cl. The van der Waals surface area contributed by atoms with Crippen LogP contribution in [0.25, 0.3) is 0 Å². The number of nitrogens with one attached hydrogen (secondary N) is 1. The zero-order chi connectivity index (χ0) is 14.6. The van der Waals surface area contributed by atoms with Gasteiger partial charge in [0.2, 0.25) is 5.91 Å². The third-order valence-corrected chi connectivity index (χ3v) is 3.03. The molecule has 1 aromatic rings. The molecule has 120 valence electrons. The van der Waals surface area contributed by atoms with Crippen LogP contribution in [0.3, 0.4) is 0 Å². The maximum absolute atomic E-state index is 11.4. The lowest BCUT2D eigenvalue weighted by molar-refractivity contribution is -0.121. The Labute approximate surface area is 133 Å². The highest BCUT2D eigenvalue weighted by Gasteiger charge is 2.00. The lowest BCUT2D eigenvalue weighted by atomic mass is 10.1. The summed E-state index contributed by atoms with van der Waals surface area (Å²) in [6.07, 6.45) is 4.32. The minimum atomic E-state index is 0. The highest BCUT2D eigenvalue weighted by molar-refractivity contribution is 5.85. The van der Waals surface area contributed by atoms with E-state index in [4.69, 9.17) is 10.5 Å². The molecule has 0 atom stereocenters. The van der Waals surface area contributed by atoms with Crippen LogP contribution in [0.4, 0.5) is 0 Å². The van der Waals surface area contributed by atoms with Crippen LogP contribution in [-0.4, -0.2) is 25.6 Å². The number of nitrogens with two attached hydrogens (primary N) is 1. The summed E-state index contributed by atoms with van der Waals surface area (Å²) in [4.78, 5) is 11.4. The second-order valence-corrected chi connectivity index (χ2v) is 4.84. The first-order valence-corrected chi connectivity index (χ1v) is 7.44. The molecule has 0 bridgehead atoms. The number of hydrogen-bond donors (Lipinski definition) is 2. The highest BCUT2D eigenvalue weighted by atomic mass is 35.5. The van der Waals surface area contributed by atoms with Crippen molar-refractivity contribution in [2.24, 2.45) is 5.73 Å². The van der Waals surface area contributed by atoms with Crippen LogP contribution in [0.1, 0.15) is 38.2 Å². The van der Waals surface area contributed by atoms with Crippen LogP contribution < -0.4 is 15.8 Å². The van der Waals surface area contributed by atoms with Crippen molar-refractivity contribution in [3.8, 4) is 5.75 Å². The number of hydrogen-bond acceptors (Lipinski definition) is 3. The van der Waals surface area contributed by atoms with Gasteiger partial charge in [-0.2, -0.15) is 0 Å². The van der Waals surface area contributed by atoms with Gasteiger partial charge in [-0.1, -0.05) is 25.5 Å². The standard InChI is InChI=1S/C16H26N2O2.ClH/c1-2-3-13-20-15-8-6-14(7-9-15)10-12-18-16(19)5-4-11-17;/h6-9H,2-5,10-13,17H2,1H3,(H,18,19);1H. The zero-order valence-corrected chi connectivity index (χ0v) is 13.6. The van der Waals surface area contributed by atoms with Gasteiger partial charge in [0.05, 0.1) is 6.61 Å². The monoisotopic (exact) mass is 314 g/mol. The van der Waals surface area contributed by atoms with E-state index >= 15 is 0 Å². The lowest BCUT2D eigenvalue weighted by Gasteiger charge is -2.07. The van der Waals surface area contributed by atoms with Gasteiger partial charge in [-0.05, 0) is 43.5 Å². The molecule has 0 aliphatic carbocycles. The Bertz CT molecular complexity index is 382. The molecule has 0 spiro atoms. The fourth-order valence-corrected chi connectivity index (χ4v) is 1.78. The van der Waals surface area contributed by atoms with Crippen molar-refractivity contribution in [3.63, 3.8) is 0 Å². The van der Waals surface area contributed by atoms with Crippen LogP contribution in [-0.2, 0) is 11.2 Å². The quantitative estimate of drug-likeness (QED) is 0.653. The Balaban J connectivity index is 0.00000400. The van der Waals surface area contributed by atoms with Gasteiger partial charge in [0, 0.05) is 13.0 Å². The summed E-state index contributed by atoms with van der Waals surface area (Å²) in [6, 6.07) is 8.07. The van der Waals surface area contributed by atoms with E-state index in [0.717, 1.165) is 38.0 Å². The van der Waals surface area contributed by atoms with Gasteiger partial charge >= 0.3 is 0 Å². The molecule has 0 aliphatic heterocycles. The topological polar surface area (TPSA) is 64.3 Å². The number of rotatable bonds is 10. The first-order valence-electron chi connectivity index (χ1n) is 7.44. The summed E-state index contributed by atoms with van der Waals surface area (Å²) in [7, 11) is 0. The predicted octanol–water partition coefficient (Wildman–Crippen LogP) is 2.68. The molecule has 1 rings (SSSR count). The molecule has 1 aromatic carbocycles. The molecule has 0 aliphatic rings. The molecule has 0 unspecified atom stereocenters. The number of amides is 1. The van der Waals surface area contributed by atoms with E-state index < -0.39 is 0 Å².